The minimum atomic E-state index is -1.45. The fourth-order valence-corrected chi connectivity index (χ4v) is 1.27. The van der Waals surface area contributed by atoms with Crippen molar-refractivity contribution in [1.82, 2.24) is 5.32 Å². The average Bonchev–Trinajstić information content (AvgIpc) is 2.34. The maximum absolute atomic E-state index is 13.4. The highest BCUT2D eigenvalue weighted by molar-refractivity contribution is 5.87. The summed E-state index contributed by atoms with van der Waals surface area (Å²) in [5, 5.41) is 11.1. The molecular weight excluding hydrogens is 260 g/mol. The van der Waals surface area contributed by atoms with E-state index in [1.54, 1.807) is 0 Å². The first-order chi connectivity index (χ1) is 8.95. The zero-order valence-corrected chi connectivity index (χ0v) is 10.2. The second-order valence-electron chi connectivity index (χ2n) is 3.71. The number of aromatic carboxylic acids is 1. The summed E-state index contributed by atoms with van der Waals surface area (Å²) in [6.07, 6.45) is 0.724. The van der Waals surface area contributed by atoms with Crippen molar-refractivity contribution in [3.63, 3.8) is 0 Å². The summed E-state index contributed by atoms with van der Waals surface area (Å²) in [5.41, 5.74) is -0.530. The number of hydrogen-bond acceptors (Lipinski definition) is 3. The summed E-state index contributed by atoms with van der Waals surface area (Å²) in [6.45, 7) is 1.75. The molecule has 1 rings (SSSR count). The van der Waals surface area contributed by atoms with Crippen LogP contribution in [0.2, 0.25) is 0 Å². The fraction of sp³-hybridized carbons (Fsp3) is 0.333. The Kier molecular flexibility index (Phi) is 5.23. The summed E-state index contributed by atoms with van der Waals surface area (Å²) >= 11 is 0. The predicted molar refractivity (Wildman–Crippen MR) is 62.1 cm³/mol. The Morgan fingerprint density at radius 1 is 1.32 bits per heavy atom. The highest BCUT2D eigenvalue weighted by atomic mass is 19.1. The molecule has 0 unspecified atom stereocenters. The number of benzene rings is 1. The molecule has 0 atom stereocenters. The predicted octanol–water partition coefficient (Wildman–Crippen LogP) is 1.57. The summed E-state index contributed by atoms with van der Waals surface area (Å²) in [7, 11) is 0. The molecule has 0 bridgehead atoms. The van der Waals surface area contributed by atoms with Crippen LogP contribution in [0.3, 0.4) is 0 Å². The molecule has 0 spiro atoms. The van der Waals surface area contributed by atoms with E-state index in [0.29, 0.717) is 18.7 Å². The Labute approximate surface area is 108 Å². The van der Waals surface area contributed by atoms with Crippen LogP contribution in [0.4, 0.5) is 8.78 Å². The number of hydrogen-bond donors (Lipinski definition) is 2. The first-order valence-electron chi connectivity index (χ1n) is 5.57. The van der Waals surface area contributed by atoms with Gasteiger partial charge in [0.2, 0.25) is 0 Å². The number of carbonyl (C=O) groups excluding carboxylic acids is 1. The van der Waals surface area contributed by atoms with Crippen LogP contribution in [0.1, 0.15) is 23.7 Å². The lowest BCUT2D eigenvalue weighted by molar-refractivity contribution is -0.123. The molecule has 2 N–H and O–H groups in total. The van der Waals surface area contributed by atoms with Gasteiger partial charge >= 0.3 is 5.97 Å². The number of carboxylic acids is 1. The lowest BCUT2D eigenvalue weighted by atomic mass is 10.2. The zero-order chi connectivity index (χ0) is 14.4. The SMILES string of the molecule is CCCNC(=O)COc1c(F)cc(C(=O)O)cc1F. The van der Waals surface area contributed by atoms with Gasteiger partial charge in [-0.3, -0.25) is 4.79 Å². The Morgan fingerprint density at radius 2 is 1.89 bits per heavy atom. The van der Waals surface area contributed by atoms with Gasteiger partial charge in [-0.2, -0.15) is 0 Å². The van der Waals surface area contributed by atoms with E-state index < -0.39 is 41.4 Å². The van der Waals surface area contributed by atoms with Gasteiger partial charge < -0.3 is 15.2 Å². The maximum Gasteiger partial charge on any atom is 0.335 e. The molecule has 1 amide bonds. The number of ether oxygens (including phenoxy) is 1. The van der Waals surface area contributed by atoms with Crippen LogP contribution in [-0.4, -0.2) is 30.1 Å². The van der Waals surface area contributed by atoms with Gasteiger partial charge in [0.1, 0.15) is 0 Å². The highest BCUT2D eigenvalue weighted by Crippen LogP contribution is 2.23. The van der Waals surface area contributed by atoms with E-state index in [2.05, 4.69) is 5.32 Å². The van der Waals surface area contributed by atoms with Crippen LogP contribution in [0.5, 0.6) is 5.75 Å². The summed E-state index contributed by atoms with van der Waals surface area (Å²) < 4.78 is 31.5. The lowest BCUT2D eigenvalue weighted by Crippen LogP contribution is -2.29. The summed E-state index contributed by atoms with van der Waals surface area (Å²) in [4.78, 5) is 21.8. The third-order valence-corrected chi connectivity index (χ3v) is 2.17. The second kappa shape index (κ2) is 6.67. The number of carboxylic acid groups (broad SMARTS) is 1. The van der Waals surface area contributed by atoms with Gasteiger partial charge in [-0.15, -0.1) is 0 Å². The minimum absolute atomic E-state index is 0.436. The summed E-state index contributed by atoms with van der Waals surface area (Å²) in [5.74, 6) is -5.06. The maximum atomic E-state index is 13.4. The van der Waals surface area contributed by atoms with Crippen LogP contribution < -0.4 is 10.1 Å². The molecule has 104 valence electrons. The highest BCUT2D eigenvalue weighted by Gasteiger charge is 2.16. The second-order valence-corrected chi connectivity index (χ2v) is 3.71. The van der Waals surface area contributed by atoms with Crippen LogP contribution in [0, 0.1) is 11.6 Å². The van der Waals surface area contributed by atoms with Crippen molar-refractivity contribution in [2.24, 2.45) is 0 Å². The Morgan fingerprint density at radius 3 is 2.37 bits per heavy atom. The molecule has 7 heteroatoms. The molecule has 0 aliphatic rings. The Balaban J connectivity index is 2.74. The average molecular weight is 273 g/mol. The third kappa shape index (κ3) is 4.20. The number of rotatable bonds is 6. The van der Waals surface area contributed by atoms with Crippen molar-refractivity contribution in [3.8, 4) is 5.75 Å². The van der Waals surface area contributed by atoms with Gasteiger partial charge in [-0.05, 0) is 18.6 Å². The van der Waals surface area contributed by atoms with Crippen LogP contribution >= 0.6 is 0 Å². The molecule has 0 heterocycles. The van der Waals surface area contributed by atoms with Crippen LogP contribution in [0.15, 0.2) is 12.1 Å². The van der Waals surface area contributed by atoms with Gasteiger partial charge in [0.25, 0.3) is 5.91 Å². The fourth-order valence-electron chi connectivity index (χ4n) is 1.27. The number of nitrogens with one attached hydrogen (secondary N) is 1. The van der Waals surface area contributed by atoms with Gasteiger partial charge in [-0.25, -0.2) is 13.6 Å². The standard InChI is InChI=1S/C12H13F2NO4/c1-2-3-15-10(16)6-19-11-8(13)4-7(12(17)18)5-9(11)14/h4-5H,2-3,6H2,1H3,(H,15,16)(H,17,18). The topological polar surface area (TPSA) is 75.6 Å². The normalized spacial score (nSPS) is 10.1. The number of carbonyl (C=O) groups is 2. The molecule has 0 fully saturated rings. The smallest absolute Gasteiger partial charge is 0.335 e. The van der Waals surface area contributed by atoms with E-state index in [1.807, 2.05) is 6.92 Å². The van der Waals surface area contributed by atoms with Crippen LogP contribution in [-0.2, 0) is 4.79 Å². The van der Waals surface area contributed by atoms with E-state index in [-0.39, 0.29) is 0 Å². The molecule has 1 aromatic carbocycles. The van der Waals surface area contributed by atoms with E-state index in [1.165, 1.54) is 0 Å². The van der Waals surface area contributed by atoms with Crippen molar-refractivity contribution < 1.29 is 28.2 Å². The van der Waals surface area contributed by atoms with Crippen molar-refractivity contribution in [1.29, 1.82) is 0 Å². The minimum Gasteiger partial charge on any atom is -0.478 e. The molecule has 1 aromatic rings. The lowest BCUT2D eigenvalue weighted by Gasteiger charge is -2.09. The van der Waals surface area contributed by atoms with E-state index in [9.17, 15) is 18.4 Å². The third-order valence-electron chi connectivity index (χ3n) is 2.17. The largest absolute Gasteiger partial charge is 0.478 e. The summed E-state index contributed by atoms with van der Waals surface area (Å²) in [6, 6.07) is 1.26. The Hall–Kier alpha value is -2.18. The van der Waals surface area contributed by atoms with Crippen molar-refractivity contribution in [2.45, 2.75) is 13.3 Å². The molecule has 0 radical (unpaired) electrons. The van der Waals surface area contributed by atoms with Crippen LogP contribution in [0.25, 0.3) is 0 Å². The first-order valence-corrected chi connectivity index (χ1v) is 5.57. The van der Waals surface area contributed by atoms with Gasteiger partial charge in [0, 0.05) is 6.54 Å². The first kappa shape index (κ1) is 14.9. The molecule has 0 aromatic heterocycles. The van der Waals surface area contributed by atoms with E-state index in [4.69, 9.17) is 9.84 Å². The molecule has 0 aliphatic heterocycles. The number of amides is 1. The van der Waals surface area contributed by atoms with E-state index in [0.717, 1.165) is 6.42 Å². The quantitative estimate of drug-likeness (QED) is 0.825. The molecule has 0 aliphatic carbocycles. The molecule has 5 nitrogen and oxygen atoms in total. The molecule has 0 saturated heterocycles. The number of halogens is 2. The van der Waals surface area contributed by atoms with Gasteiger partial charge in [0.05, 0.1) is 5.56 Å². The Bertz CT molecular complexity index is 468. The molecule has 0 saturated carbocycles. The molecular formula is C12H13F2NO4. The zero-order valence-electron chi connectivity index (χ0n) is 10.2. The van der Waals surface area contributed by atoms with Gasteiger partial charge in [0.15, 0.2) is 24.0 Å². The van der Waals surface area contributed by atoms with Crippen molar-refractivity contribution in [2.75, 3.05) is 13.2 Å². The van der Waals surface area contributed by atoms with Crippen molar-refractivity contribution >= 4 is 11.9 Å². The van der Waals surface area contributed by atoms with Gasteiger partial charge in [-0.1, -0.05) is 6.92 Å². The van der Waals surface area contributed by atoms with E-state index >= 15 is 0 Å². The van der Waals surface area contributed by atoms with Crippen molar-refractivity contribution in [3.05, 3.63) is 29.3 Å². The monoisotopic (exact) mass is 273 g/mol. The molecule has 19 heavy (non-hydrogen) atoms.